The van der Waals surface area contributed by atoms with E-state index in [0.717, 1.165) is 0 Å². The Kier molecular flexibility index (Phi) is 15.4. The molecule has 0 bridgehead atoms. The van der Waals surface area contributed by atoms with Gasteiger partial charge in [0.05, 0.1) is 0 Å². The average Bonchev–Trinajstić information content (AvgIpc) is 0.811. The molecule has 0 aromatic rings. The first-order chi connectivity index (χ1) is 1.73. The molecule has 0 heterocycles. The molecule has 0 amide bonds. The van der Waals surface area contributed by atoms with Gasteiger partial charge in [0, 0.05) is 0 Å². The predicted octanol–water partition coefficient (Wildman–Crippen LogP) is 1.04. The molecule has 0 saturated heterocycles. The van der Waals surface area contributed by atoms with Gasteiger partial charge in [-0.2, -0.15) is 0 Å². The van der Waals surface area contributed by atoms with Crippen molar-refractivity contribution in [2.45, 2.75) is 0 Å². The molecule has 0 unspecified atom stereocenters. The van der Waals surface area contributed by atoms with Gasteiger partial charge in [0.25, 0.3) is 0 Å². The second kappa shape index (κ2) is 7.04. The maximum atomic E-state index is 4.94. The van der Waals surface area contributed by atoms with E-state index in [0.29, 0.717) is 0 Å². The van der Waals surface area contributed by atoms with Gasteiger partial charge in [0.15, 0.2) is 0 Å². The second-order valence-electron chi connectivity index (χ2n) is 0.247. The van der Waals surface area contributed by atoms with Crippen molar-refractivity contribution in [3.8, 4) is 0 Å². The van der Waals surface area contributed by atoms with Crippen LogP contribution in [0.4, 0.5) is 0 Å². The van der Waals surface area contributed by atoms with Crippen molar-refractivity contribution in [3.05, 3.63) is 0 Å². The summed E-state index contributed by atoms with van der Waals surface area (Å²) in [6, 6.07) is 0. The Balaban J connectivity index is 0. The SMILES string of the molecule is [Cl][Al]([Cl])[Cl].[KH]. The van der Waals surface area contributed by atoms with Crippen LogP contribution < -0.4 is 0 Å². The molecule has 0 aliphatic carbocycles. The zero-order chi connectivity index (χ0) is 3.58. The molecule has 0 saturated carbocycles. The van der Waals surface area contributed by atoms with Crippen LogP contribution >= 0.6 is 30.1 Å². The molecule has 0 fully saturated rings. The van der Waals surface area contributed by atoms with Gasteiger partial charge in [-0.25, -0.2) is 30.1 Å². The van der Waals surface area contributed by atoms with Crippen molar-refractivity contribution in [1.82, 2.24) is 0 Å². The Hall–Kier alpha value is 3.04. The predicted molar refractivity (Wildman–Crippen MR) is 30.5 cm³/mol. The number of hydrogen-bond donors (Lipinski definition) is 0. The van der Waals surface area contributed by atoms with E-state index >= 15 is 0 Å². The van der Waals surface area contributed by atoms with E-state index in [2.05, 4.69) is 0 Å². The molecule has 0 N–H and O–H groups in total. The van der Waals surface area contributed by atoms with Crippen LogP contribution in [-0.4, -0.2) is 62.8 Å². The fourth-order valence-corrected chi connectivity index (χ4v) is 0. The summed E-state index contributed by atoms with van der Waals surface area (Å²) in [7, 11) is 14.8. The molecular weight excluding hydrogens is 172 g/mol. The Bertz CT molecular complexity index is 11.6. The van der Waals surface area contributed by atoms with Crippen molar-refractivity contribution < 1.29 is 0 Å². The Morgan fingerprint density at radius 3 is 1.00 bits per heavy atom. The molecule has 0 aliphatic rings. The Morgan fingerprint density at radius 1 is 1.00 bits per heavy atom. The Labute approximate surface area is 90.6 Å². The molecular formula is HAlCl3K. The molecule has 0 spiro atoms. The van der Waals surface area contributed by atoms with Gasteiger partial charge in [-0.15, -0.1) is 0 Å². The van der Waals surface area contributed by atoms with Gasteiger partial charge in [0.1, 0.15) is 0 Å². The molecule has 0 rings (SSSR count). The standard InChI is InChI=1S/Al.3ClH.K.H/h;3*1H;;/q+3;;;;;/p-3. The van der Waals surface area contributed by atoms with Gasteiger partial charge in [0.2, 0.25) is 0 Å². The fraction of sp³-hybridized carbons (Fsp3) is 0. The zero-order valence-corrected chi connectivity index (χ0v) is 5.13. The van der Waals surface area contributed by atoms with Crippen LogP contribution in [0.25, 0.3) is 0 Å². The second-order valence-corrected chi connectivity index (χ2v) is 6.68. The van der Waals surface area contributed by atoms with Crippen LogP contribution in [0.2, 0.25) is 0 Å². The molecule has 0 aliphatic heterocycles. The van der Waals surface area contributed by atoms with E-state index in [1.54, 1.807) is 0 Å². The van der Waals surface area contributed by atoms with E-state index in [1.807, 2.05) is 0 Å². The zero-order valence-electron chi connectivity index (χ0n) is 1.71. The molecule has 26 valence electrons. The van der Waals surface area contributed by atoms with Crippen molar-refractivity contribution in [3.63, 3.8) is 0 Å². The Morgan fingerprint density at radius 2 is 1.00 bits per heavy atom. The van der Waals surface area contributed by atoms with Crippen LogP contribution in [-0.2, 0) is 0 Å². The number of halogens is 3. The normalized spacial score (nSPS) is 5.40. The number of rotatable bonds is 0. The van der Waals surface area contributed by atoms with E-state index in [1.165, 1.54) is 0 Å². The van der Waals surface area contributed by atoms with Crippen LogP contribution in [0.1, 0.15) is 0 Å². The first kappa shape index (κ1) is 10.9. The van der Waals surface area contributed by atoms with Gasteiger partial charge in [-0.1, -0.05) is 0 Å². The molecule has 0 aromatic heterocycles. The molecule has 5 heavy (non-hydrogen) atoms. The van der Waals surface area contributed by atoms with Gasteiger partial charge in [-0.05, 0) is 0 Å². The summed E-state index contributed by atoms with van der Waals surface area (Å²) in [4.78, 5) is 0. The van der Waals surface area contributed by atoms with E-state index < -0.39 is 11.4 Å². The van der Waals surface area contributed by atoms with Crippen molar-refractivity contribution in [2.75, 3.05) is 0 Å². The maximum absolute atomic E-state index is 4.94. The summed E-state index contributed by atoms with van der Waals surface area (Å²) in [6.07, 6.45) is 0. The minimum absolute atomic E-state index is 0. The summed E-state index contributed by atoms with van der Waals surface area (Å²) in [5.41, 5.74) is 0. The van der Waals surface area contributed by atoms with E-state index in [-0.39, 0.29) is 51.4 Å². The first-order valence-electron chi connectivity index (χ1n) is 0.655. The van der Waals surface area contributed by atoms with Gasteiger partial charge in [-0.3, -0.25) is 0 Å². The third kappa shape index (κ3) is 19.4. The summed E-state index contributed by atoms with van der Waals surface area (Å²) in [5.74, 6) is 0. The van der Waals surface area contributed by atoms with Crippen LogP contribution in [0.5, 0.6) is 0 Å². The quantitative estimate of drug-likeness (QED) is 0.480. The summed E-state index contributed by atoms with van der Waals surface area (Å²) < 4.78 is 0. The third-order valence-electron chi connectivity index (χ3n) is 0. The summed E-state index contributed by atoms with van der Waals surface area (Å²) in [6.45, 7) is 0. The van der Waals surface area contributed by atoms with Crippen LogP contribution in [0.15, 0.2) is 0 Å². The summed E-state index contributed by atoms with van der Waals surface area (Å²) >= 11 is -1.72. The number of hydrogen-bond acceptors (Lipinski definition) is 0. The van der Waals surface area contributed by atoms with Crippen molar-refractivity contribution in [2.24, 2.45) is 0 Å². The average molecular weight is 173 g/mol. The van der Waals surface area contributed by atoms with E-state index in [4.69, 9.17) is 30.1 Å². The van der Waals surface area contributed by atoms with Gasteiger partial charge < -0.3 is 0 Å². The monoisotopic (exact) mass is 172 g/mol. The van der Waals surface area contributed by atoms with Gasteiger partial charge >= 0.3 is 62.8 Å². The van der Waals surface area contributed by atoms with Crippen LogP contribution in [0, 0.1) is 0 Å². The minimum atomic E-state index is -1.72. The van der Waals surface area contributed by atoms with Crippen LogP contribution in [0.3, 0.4) is 0 Å². The molecule has 0 nitrogen and oxygen atoms in total. The van der Waals surface area contributed by atoms with E-state index in [9.17, 15) is 0 Å². The third-order valence-corrected chi connectivity index (χ3v) is 0. The molecule has 5 heteroatoms. The van der Waals surface area contributed by atoms with Crippen molar-refractivity contribution in [1.29, 1.82) is 0 Å². The fourth-order valence-electron chi connectivity index (χ4n) is 0. The molecule has 0 atom stereocenters. The van der Waals surface area contributed by atoms with Crippen molar-refractivity contribution >= 4 is 92.9 Å². The topological polar surface area (TPSA) is 0 Å². The molecule has 0 aromatic carbocycles. The first-order valence-corrected chi connectivity index (χ1v) is 5.89. The molecule has 0 radical (unpaired) electrons. The summed E-state index contributed by atoms with van der Waals surface area (Å²) in [5, 5.41) is 0.